The van der Waals surface area contributed by atoms with E-state index in [9.17, 15) is 0 Å². The van der Waals surface area contributed by atoms with E-state index < -0.39 is 0 Å². The van der Waals surface area contributed by atoms with Crippen molar-refractivity contribution in [3.05, 3.63) is 39.1 Å². The highest BCUT2D eigenvalue weighted by molar-refractivity contribution is 7.98. The first kappa shape index (κ1) is 16.4. The van der Waals surface area contributed by atoms with Crippen LogP contribution in [0.25, 0.3) is 0 Å². The second-order valence-corrected chi connectivity index (χ2v) is 5.27. The summed E-state index contributed by atoms with van der Waals surface area (Å²) in [6.45, 7) is 3.70. The van der Waals surface area contributed by atoms with Gasteiger partial charge in [0.15, 0.2) is 5.16 Å². The third-order valence-electron chi connectivity index (χ3n) is 1.95. The van der Waals surface area contributed by atoms with Gasteiger partial charge in [-0.05, 0) is 31.7 Å². The number of aromatic nitrogens is 4. The van der Waals surface area contributed by atoms with Crippen LogP contribution in [0.15, 0.2) is 17.6 Å². The lowest BCUT2D eigenvalue weighted by atomic mass is 10.4. The van der Waals surface area contributed by atoms with Gasteiger partial charge in [-0.2, -0.15) is 0 Å². The van der Waals surface area contributed by atoms with Crippen molar-refractivity contribution in [3.8, 4) is 0 Å². The third-order valence-corrected chi connectivity index (χ3v) is 3.46. The summed E-state index contributed by atoms with van der Waals surface area (Å²) in [5.74, 6) is 0. The molecule has 4 nitrogen and oxygen atoms in total. The molecule has 102 valence electrons. The molecule has 0 saturated carbocycles. The molecule has 8 heteroatoms. The Bertz CT molecular complexity index is 566. The summed E-state index contributed by atoms with van der Waals surface area (Å²) in [6, 6.07) is 0. The number of hydrogen-bond donors (Lipinski definition) is 0. The van der Waals surface area contributed by atoms with Gasteiger partial charge in [0.25, 0.3) is 0 Å². The Hall–Kier alpha value is -0.620. The van der Waals surface area contributed by atoms with E-state index in [4.69, 9.17) is 34.8 Å². The Kier molecular flexibility index (Phi) is 6.79. The van der Waals surface area contributed by atoms with E-state index in [0.29, 0.717) is 10.3 Å². The topological polar surface area (TPSA) is 51.6 Å². The van der Waals surface area contributed by atoms with Gasteiger partial charge in [0.05, 0.1) is 0 Å². The summed E-state index contributed by atoms with van der Waals surface area (Å²) in [6.07, 6.45) is 5.22. The van der Waals surface area contributed by atoms with Crippen molar-refractivity contribution in [2.45, 2.75) is 19.0 Å². The Morgan fingerprint density at radius 2 is 1.42 bits per heavy atom. The molecule has 2 rings (SSSR count). The first-order chi connectivity index (χ1) is 8.93. The molecule has 0 aliphatic rings. The minimum atomic E-state index is 0.186. The predicted octanol–water partition coefficient (Wildman–Crippen LogP) is 4.25. The van der Waals surface area contributed by atoms with Crippen molar-refractivity contribution < 1.29 is 0 Å². The van der Waals surface area contributed by atoms with Gasteiger partial charge in [0.1, 0.15) is 10.3 Å². The summed E-state index contributed by atoms with van der Waals surface area (Å²) in [7, 11) is 0. The monoisotopic (exact) mass is 336 g/mol. The quantitative estimate of drug-likeness (QED) is 0.442. The van der Waals surface area contributed by atoms with Crippen LogP contribution in [-0.2, 0) is 0 Å². The van der Waals surface area contributed by atoms with Gasteiger partial charge in [0, 0.05) is 23.5 Å². The predicted molar refractivity (Wildman–Crippen MR) is 80.3 cm³/mol. The van der Waals surface area contributed by atoms with Crippen molar-refractivity contribution >= 4 is 46.6 Å². The van der Waals surface area contributed by atoms with Crippen LogP contribution in [-0.4, -0.2) is 26.2 Å². The lowest BCUT2D eigenvalue weighted by molar-refractivity contribution is 0.954. The molecule has 0 aromatic carbocycles. The van der Waals surface area contributed by atoms with Gasteiger partial charge in [-0.1, -0.05) is 35.0 Å². The van der Waals surface area contributed by atoms with Gasteiger partial charge in [-0.3, -0.25) is 0 Å². The molecule has 0 radical (unpaired) electrons. The summed E-state index contributed by atoms with van der Waals surface area (Å²) < 4.78 is 0. The van der Waals surface area contributed by atoms with Crippen LogP contribution in [0.2, 0.25) is 15.6 Å². The van der Waals surface area contributed by atoms with Crippen molar-refractivity contribution in [1.82, 2.24) is 19.9 Å². The van der Waals surface area contributed by atoms with Crippen LogP contribution in [0.4, 0.5) is 0 Å². The highest BCUT2D eigenvalue weighted by Crippen LogP contribution is 2.14. The fourth-order valence-corrected chi connectivity index (χ4v) is 1.73. The second-order valence-electron chi connectivity index (χ2n) is 3.44. The van der Waals surface area contributed by atoms with Gasteiger partial charge < -0.3 is 0 Å². The Morgan fingerprint density at radius 1 is 0.895 bits per heavy atom. The van der Waals surface area contributed by atoms with Gasteiger partial charge >= 0.3 is 0 Å². The standard InChI is InChI=1S/C6H7ClN2S.C5H4Cl2N2/c1-4-3-8-6(10-2)9-5(4)7;1-3-2-8-5(7)9-4(3)6/h3H,1-2H3;2H,1H3. The molecule has 0 saturated heterocycles. The first-order valence-corrected chi connectivity index (χ1v) is 7.47. The molecular formula is C11H11Cl3N4S. The van der Waals surface area contributed by atoms with E-state index >= 15 is 0 Å². The maximum atomic E-state index is 5.73. The van der Waals surface area contributed by atoms with Gasteiger partial charge in [0.2, 0.25) is 5.28 Å². The molecule has 0 unspecified atom stereocenters. The molecule has 0 aliphatic heterocycles. The Balaban J connectivity index is 0.000000191. The number of nitrogens with zero attached hydrogens (tertiary/aromatic N) is 4. The highest BCUT2D eigenvalue weighted by Gasteiger charge is 1.98. The molecule has 0 bridgehead atoms. The lowest BCUT2D eigenvalue weighted by Gasteiger charge is -1.96. The van der Waals surface area contributed by atoms with E-state index in [1.54, 1.807) is 12.4 Å². The van der Waals surface area contributed by atoms with Crippen molar-refractivity contribution in [2.75, 3.05) is 6.26 Å². The van der Waals surface area contributed by atoms with Crippen LogP contribution in [0.5, 0.6) is 0 Å². The average molecular weight is 338 g/mol. The molecule has 2 aromatic rings. The fraction of sp³-hybridized carbons (Fsp3) is 0.273. The second kappa shape index (κ2) is 7.85. The fourth-order valence-electron chi connectivity index (χ4n) is 0.906. The van der Waals surface area contributed by atoms with E-state index in [1.165, 1.54) is 11.8 Å². The van der Waals surface area contributed by atoms with Crippen molar-refractivity contribution in [2.24, 2.45) is 0 Å². The normalized spacial score (nSPS) is 9.79. The Morgan fingerprint density at radius 3 is 1.84 bits per heavy atom. The summed E-state index contributed by atoms with van der Waals surface area (Å²) in [5.41, 5.74) is 1.75. The maximum Gasteiger partial charge on any atom is 0.223 e. The zero-order valence-electron chi connectivity index (χ0n) is 10.5. The molecule has 0 spiro atoms. The summed E-state index contributed by atoms with van der Waals surface area (Å²) in [4.78, 5) is 15.4. The van der Waals surface area contributed by atoms with Gasteiger partial charge in [-0.15, -0.1) is 0 Å². The average Bonchev–Trinajstić information content (AvgIpc) is 2.38. The largest absolute Gasteiger partial charge is 0.231 e. The van der Waals surface area contributed by atoms with Crippen molar-refractivity contribution in [3.63, 3.8) is 0 Å². The zero-order valence-corrected chi connectivity index (χ0v) is 13.6. The van der Waals surface area contributed by atoms with Crippen LogP contribution in [0, 0.1) is 13.8 Å². The van der Waals surface area contributed by atoms with Crippen LogP contribution >= 0.6 is 46.6 Å². The zero-order chi connectivity index (χ0) is 14.4. The SMILES string of the molecule is CSc1ncc(C)c(Cl)n1.Cc1cnc(Cl)nc1Cl. The van der Waals surface area contributed by atoms with Crippen molar-refractivity contribution in [1.29, 1.82) is 0 Å². The van der Waals surface area contributed by atoms with E-state index in [0.717, 1.165) is 16.3 Å². The smallest absolute Gasteiger partial charge is 0.223 e. The third kappa shape index (κ3) is 5.48. The molecule has 19 heavy (non-hydrogen) atoms. The molecule has 2 aromatic heterocycles. The minimum absolute atomic E-state index is 0.186. The van der Waals surface area contributed by atoms with Gasteiger partial charge in [-0.25, -0.2) is 19.9 Å². The number of halogens is 3. The van der Waals surface area contributed by atoms with Crippen LogP contribution < -0.4 is 0 Å². The first-order valence-electron chi connectivity index (χ1n) is 5.11. The van der Waals surface area contributed by atoms with Crippen LogP contribution in [0.1, 0.15) is 11.1 Å². The molecule has 0 aliphatic carbocycles. The minimum Gasteiger partial charge on any atom is -0.231 e. The highest BCUT2D eigenvalue weighted by atomic mass is 35.5. The maximum absolute atomic E-state index is 5.73. The summed E-state index contributed by atoms with van der Waals surface area (Å²) >= 11 is 18.2. The molecule has 0 atom stereocenters. The van der Waals surface area contributed by atoms with E-state index in [1.807, 2.05) is 20.1 Å². The number of thioether (sulfide) groups is 1. The molecular weight excluding hydrogens is 327 g/mol. The van der Waals surface area contributed by atoms with E-state index in [2.05, 4.69) is 19.9 Å². The number of rotatable bonds is 1. The number of aryl methyl sites for hydroxylation is 2. The molecule has 0 fully saturated rings. The molecule has 2 heterocycles. The lowest BCUT2D eigenvalue weighted by Crippen LogP contribution is -1.87. The molecule has 0 N–H and O–H groups in total. The molecule has 0 amide bonds. The number of hydrogen-bond acceptors (Lipinski definition) is 5. The van der Waals surface area contributed by atoms with Crippen LogP contribution in [0.3, 0.4) is 0 Å². The summed E-state index contributed by atoms with van der Waals surface area (Å²) in [5, 5.41) is 1.86. The van der Waals surface area contributed by atoms with E-state index in [-0.39, 0.29) is 5.28 Å². The Labute approximate surface area is 131 Å².